The summed E-state index contributed by atoms with van der Waals surface area (Å²) in [6.45, 7) is 4.09. The second-order valence-corrected chi connectivity index (χ2v) is 4.40. The molecule has 0 saturated heterocycles. The van der Waals surface area contributed by atoms with Crippen LogP contribution in [0.4, 0.5) is 0 Å². The molecular formula is C15H17N3O. The van der Waals surface area contributed by atoms with Crippen LogP contribution in [0.3, 0.4) is 0 Å². The van der Waals surface area contributed by atoms with Gasteiger partial charge in [-0.25, -0.2) is 4.68 Å². The minimum Gasteiger partial charge on any atom is -0.353 e. The Hall–Kier alpha value is -2.36. The topological polar surface area (TPSA) is 46.9 Å². The van der Waals surface area contributed by atoms with Crippen molar-refractivity contribution in [2.24, 2.45) is 0 Å². The highest BCUT2D eigenvalue weighted by atomic mass is 16.1. The molecule has 0 fully saturated rings. The highest BCUT2D eigenvalue weighted by molar-refractivity contribution is 5.73. The van der Waals surface area contributed by atoms with Gasteiger partial charge in [0.05, 0.1) is 11.9 Å². The molecule has 1 N–H and O–H groups in total. The van der Waals surface area contributed by atoms with Crippen LogP contribution < -0.4 is 5.32 Å². The number of carbonyl (C=O) groups excluding carboxylic acids is 1. The largest absolute Gasteiger partial charge is 0.353 e. The highest BCUT2D eigenvalue weighted by Gasteiger charge is 1.98. The van der Waals surface area contributed by atoms with Gasteiger partial charge in [-0.2, -0.15) is 5.10 Å². The number of nitrogens with zero attached hydrogens (tertiary/aromatic N) is 2. The molecule has 0 aliphatic carbocycles. The maximum atomic E-state index is 10.7. The van der Waals surface area contributed by atoms with Crippen molar-refractivity contribution < 1.29 is 4.79 Å². The van der Waals surface area contributed by atoms with E-state index in [1.54, 1.807) is 6.20 Å². The lowest BCUT2D eigenvalue weighted by Gasteiger charge is -2.01. The van der Waals surface area contributed by atoms with E-state index in [0.717, 1.165) is 11.3 Å². The van der Waals surface area contributed by atoms with Crippen molar-refractivity contribution in [3.8, 4) is 5.69 Å². The van der Waals surface area contributed by atoms with Gasteiger partial charge in [-0.15, -0.1) is 0 Å². The van der Waals surface area contributed by atoms with Gasteiger partial charge in [0.15, 0.2) is 0 Å². The van der Waals surface area contributed by atoms with E-state index in [2.05, 4.69) is 29.5 Å². The molecule has 1 heterocycles. The molecule has 1 amide bonds. The Morgan fingerprint density at radius 3 is 3.05 bits per heavy atom. The van der Waals surface area contributed by atoms with Crippen LogP contribution in [0.5, 0.6) is 0 Å². The van der Waals surface area contributed by atoms with E-state index in [-0.39, 0.29) is 5.91 Å². The van der Waals surface area contributed by atoms with Crippen molar-refractivity contribution in [3.63, 3.8) is 0 Å². The number of amides is 1. The van der Waals surface area contributed by atoms with Gasteiger partial charge in [-0.1, -0.05) is 24.3 Å². The summed E-state index contributed by atoms with van der Waals surface area (Å²) in [4.78, 5) is 10.7. The van der Waals surface area contributed by atoms with Crippen molar-refractivity contribution in [1.82, 2.24) is 15.1 Å². The Morgan fingerprint density at radius 1 is 1.47 bits per heavy atom. The molecule has 4 heteroatoms. The zero-order valence-corrected chi connectivity index (χ0v) is 11.1. The zero-order valence-electron chi connectivity index (χ0n) is 11.1. The first-order valence-electron chi connectivity index (χ1n) is 6.18. The number of aryl methyl sites for hydroxylation is 1. The SMILES string of the molecule is CC(=O)NCC=Cc1cnn(-c2cccc(C)c2)c1. The Morgan fingerprint density at radius 2 is 2.32 bits per heavy atom. The molecule has 0 aliphatic rings. The minimum absolute atomic E-state index is 0.0277. The van der Waals surface area contributed by atoms with E-state index in [1.165, 1.54) is 12.5 Å². The lowest BCUT2D eigenvalue weighted by molar-refractivity contribution is -0.118. The molecule has 4 nitrogen and oxygen atoms in total. The third-order valence-electron chi connectivity index (χ3n) is 2.65. The maximum Gasteiger partial charge on any atom is 0.217 e. The zero-order chi connectivity index (χ0) is 13.7. The van der Waals surface area contributed by atoms with Gasteiger partial charge in [0, 0.05) is 25.2 Å². The van der Waals surface area contributed by atoms with Crippen LogP contribution in [-0.2, 0) is 4.79 Å². The van der Waals surface area contributed by atoms with Crippen molar-refractivity contribution in [2.75, 3.05) is 6.54 Å². The Balaban J connectivity index is 2.05. The average molecular weight is 255 g/mol. The standard InChI is InChI=1S/C15H17N3O/c1-12-5-3-7-15(9-12)18-11-14(10-17-18)6-4-8-16-13(2)19/h3-7,9-11H,8H2,1-2H3,(H,16,19). The van der Waals surface area contributed by atoms with Gasteiger partial charge in [0.25, 0.3) is 0 Å². The first-order valence-corrected chi connectivity index (χ1v) is 6.18. The van der Waals surface area contributed by atoms with Gasteiger partial charge in [0.1, 0.15) is 0 Å². The molecule has 0 aliphatic heterocycles. The van der Waals surface area contributed by atoms with Crippen LogP contribution in [0.2, 0.25) is 0 Å². The average Bonchev–Trinajstić information content (AvgIpc) is 2.83. The Labute approximate surface area is 112 Å². The number of rotatable bonds is 4. The molecule has 1 aromatic heterocycles. The predicted octanol–water partition coefficient (Wildman–Crippen LogP) is 2.33. The van der Waals surface area contributed by atoms with Crippen molar-refractivity contribution in [2.45, 2.75) is 13.8 Å². The van der Waals surface area contributed by atoms with Crippen molar-refractivity contribution in [1.29, 1.82) is 0 Å². The first kappa shape index (κ1) is 13.1. The fraction of sp³-hybridized carbons (Fsp3) is 0.200. The van der Waals surface area contributed by atoms with Gasteiger partial charge >= 0.3 is 0 Å². The molecule has 0 saturated carbocycles. The van der Waals surface area contributed by atoms with E-state index in [1.807, 2.05) is 35.2 Å². The summed E-state index contributed by atoms with van der Waals surface area (Å²) in [7, 11) is 0. The van der Waals surface area contributed by atoms with E-state index >= 15 is 0 Å². The number of carbonyl (C=O) groups is 1. The minimum atomic E-state index is -0.0277. The summed E-state index contributed by atoms with van der Waals surface area (Å²) >= 11 is 0. The maximum absolute atomic E-state index is 10.7. The fourth-order valence-corrected chi connectivity index (χ4v) is 1.73. The molecule has 0 unspecified atom stereocenters. The first-order chi connectivity index (χ1) is 9.15. The van der Waals surface area contributed by atoms with Gasteiger partial charge < -0.3 is 5.32 Å². The summed E-state index contributed by atoms with van der Waals surface area (Å²) < 4.78 is 1.84. The molecule has 2 aromatic rings. The third-order valence-corrected chi connectivity index (χ3v) is 2.65. The van der Waals surface area contributed by atoms with Crippen molar-refractivity contribution >= 4 is 12.0 Å². The van der Waals surface area contributed by atoms with Crippen LogP contribution in [-0.4, -0.2) is 22.2 Å². The number of aromatic nitrogens is 2. The van der Waals surface area contributed by atoms with E-state index < -0.39 is 0 Å². The van der Waals surface area contributed by atoms with Crippen LogP contribution in [0.25, 0.3) is 11.8 Å². The number of benzene rings is 1. The number of nitrogens with one attached hydrogen (secondary N) is 1. The second-order valence-electron chi connectivity index (χ2n) is 4.40. The van der Waals surface area contributed by atoms with Crippen LogP contribution in [0.1, 0.15) is 18.1 Å². The quantitative estimate of drug-likeness (QED) is 0.911. The van der Waals surface area contributed by atoms with E-state index in [9.17, 15) is 4.79 Å². The smallest absolute Gasteiger partial charge is 0.217 e. The Bertz CT molecular complexity index is 599. The van der Waals surface area contributed by atoms with Crippen LogP contribution in [0.15, 0.2) is 42.7 Å². The van der Waals surface area contributed by atoms with Crippen molar-refractivity contribution in [3.05, 3.63) is 53.9 Å². The summed E-state index contributed by atoms with van der Waals surface area (Å²) in [5.74, 6) is -0.0277. The lowest BCUT2D eigenvalue weighted by atomic mass is 10.2. The number of hydrogen-bond donors (Lipinski definition) is 1. The molecule has 0 bridgehead atoms. The molecule has 2 rings (SSSR count). The lowest BCUT2D eigenvalue weighted by Crippen LogP contribution is -2.19. The second kappa shape index (κ2) is 6.00. The highest BCUT2D eigenvalue weighted by Crippen LogP contribution is 2.11. The summed E-state index contributed by atoms with van der Waals surface area (Å²) in [5.41, 5.74) is 3.25. The molecule has 19 heavy (non-hydrogen) atoms. The molecule has 1 aromatic carbocycles. The van der Waals surface area contributed by atoms with Gasteiger partial charge in [0.2, 0.25) is 5.91 Å². The monoisotopic (exact) mass is 255 g/mol. The van der Waals surface area contributed by atoms with Gasteiger partial charge in [-0.05, 0) is 24.6 Å². The van der Waals surface area contributed by atoms with E-state index in [4.69, 9.17) is 0 Å². The molecule has 0 radical (unpaired) electrons. The summed E-state index contributed by atoms with van der Waals surface area (Å²) in [6, 6.07) is 8.17. The molecular weight excluding hydrogens is 238 g/mol. The normalized spacial score (nSPS) is 10.8. The number of hydrogen-bond acceptors (Lipinski definition) is 2. The molecule has 0 atom stereocenters. The summed E-state index contributed by atoms with van der Waals surface area (Å²) in [6.07, 6.45) is 7.60. The van der Waals surface area contributed by atoms with Crippen LogP contribution >= 0.6 is 0 Å². The Kier molecular flexibility index (Phi) is 4.13. The molecule has 0 spiro atoms. The van der Waals surface area contributed by atoms with Crippen LogP contribution in [0, 0.1) is 6.92 Å². The predicted molar refractivity (Wildman–Crippen MR) is 76.0 cm³/mol. The van der Waals surface area contributed by atoms with Gasteiger partial charge in [-0.3, -0.25) is 4.79 Å². The third kappa shape index (κ3) is 3.81. The fourth-order valence-electron chi connectivity index (χ4n) is 1.73. The summed E-state index contributed by atoms with van der Waals surface area (Å²) in [5, 5.41) is 7.03. The van der Waals surface area contributed by atoms with E-state index in [0.29, 0.717) is 6.54 Å². The molecule has 98 valence electrons.